The van der Waals surface area contributed by atoms with Crippen molar-refractivity contribution in [3.05, 3.63) is 23.8 Å². The van der Waals surface area contributed by atoms with Gasteiger partial charge in [-0.3, -0.25) is 4.79 Å². The van der Waals surface area contributed by atoms with Gasteiger partial charge in [0, 0.05) is 5.56 Å². The predicted octanol–water partition coefficient (Wildman–Crippen LogP) is -0.458. The van der Waals surface area contributed by atoms with Crippen LogP contribution < -0.4 is 15.2 Å². The van der Waals surface area contributed by atoms with Gasteiger partial charge in [0.2, 0.25) is 0 Å². The average Bonchev–Trinajstić information content (AvgIpc) is 2.25. The fraction of sp³-hybridized carbons (Fsp3) is 0.300. The van der Waals surface area contributed by atoms with Crippen molar-refractivity contribution >= 4 is 5.91 Å². The van der Waals surface area contributed by atoms with Gasteiger partial charge in [0.1, 0.15) is 0 Å². The van der Waals surface area contributed by atoms with Gasteiger partial charge in [0.25, 0.3) is 5.91 Å². The van der Waals surface area contributed by atoms with Crippen LogP contribution in [-0.2, 0) is 4.79 Å². The second-order valence-corrected chi connectivity index (χ2v) is 3.04. The van der Waals surface area contributed by atoms with Crippen LogP contribution in [0.4, 0.5) is 0 Å². The second-order valence-electron chi connectivity index (χ2n) is 3.04. The van der Waals surface area contributed by atoms with Crippen LogP contribution in [0.15, 0.2) is 18.2 Å². The third-order valence-electron chi connectivity index (χ3n) is 1.86. The number of methoxy groups -OCH3 is 1. The van der Waals surface area contributed by atoms with Gasteiger partial charge in [0.15, 0.2) is 24.4 Å². The van der Waals surface area contributed by atoms with Crippen LogP contribution in [0.3, 0.4) is 0 Å². The van der Waals surface area contributed by atoms with E-state index < -0.39 is 12.2 Å². The standard InChI is InChI=1S/C10H13NO5/c1-15-8-4-6(10(13)14)2-3-7(8)16-5-9(11)12/h2-4,10,13-14H,5H2,1H3,(H2,11,12). The molecule has 0 fully saturated rings. The molecule has 0 saturated heterocycles. The Morgan fingerprint density at radius 2 is 2.12 bits per heavy atom. The van der Waals surface area contributed by atoms with E-state index in [9.17, 15) is 4.79 Å². The van der Waals surface area contributed by atoms with Crippen molar-refractivity contribution in [2.24, 2.45) is 5.73 Å². The summed E-state index contributed by atoms with van der Waals surface area (Å²) in [6.45, 7) is -0.266. The summed E-state index contributed by atoms with van der Waals surface area (Å²) in [6.07, 6.45) is -1.58. The zero-order valence-electron chi connectivity index (χ0n) is 8.71. The van der Waals surface area contributed by atoms with Crippen molar-refractivity contribution in [1.82, 2.24) is 0 Å². The molecule has 0 bridgehead atoms. The van der Waals surface area contributed by atoms with Crippen molar-refractivity contribution in [2.75, 3.05) is 13.7 Å². The predicted molar refractivity (Wildman–Crippen MR) is 54.9 cm³/mol. The highest BCUT2D eigenvalue weighted by atomic mass is 16.5. The van der Waals surface area contributed by atoms with E-state index >= 15 is 0 Å². The first-order valence-electron chi connectivity index (χ1n) is 4.49. The molecule has 1 aromatic rings. The molecule has 0 aliphatic heterocycles. The number of amides is 1. The van der Waals surface area contributed by atoms with Crippen LogP contribution >= 0.6 is 0 Å². The lowest BCUT2D eigenvalue weighted by atomic mass is 10.2. The van der Waals surface area contributed by atoms with Crippen LogP contribution in [0.1, 0.15) is 11.9 Å². The molecule has 1 rings (SSSR count). The number of aliphatic hydroxyl groups excluding tert-OH is 1. The van der Waals surface area contributed by atoms with E-state index in [-0.39, 0.29) is 12.2 Å². The number of carbonyl (C=O) groups is 1. The number of hydrogen-bond acceptors (Lipinski definition) is 5. The third kappa shape index (κ3) is 3.11. The quantitative estimate of drug-likeness (QED) is 0.591. The van der Waals surface area contributed by atoms with E-state index in [0.29, 0.717) is 11.5 Å². The molecule has 0 spiro atoms. The number of ether oxygens (including phenoxy) is 2. The summed E-state index contributed by atoms with van der Waals surface area (Å²) in [5.74, 6) is 0.00544. The van der Waals surface area contributed by atoms with E-state index in [1.54, 1.807) is 0 Å². The lowest BCUT2D eigenvalue weighted by molar-refractivity contribution is -0.119. The molecule has 4 N–H and O–H groups in total. The number of nitrogens with two attached hydrogens (primary N) is 1. The minimum atomic E-state index is -1.58. The van der Waals surface area contributed by atoms with E-state index in [0.717, 1.165) is 0 Å². The lowest BCUT2D eigenvalue weighted by Gasteiger charge is -2.11. The fourth-order valence-electron chi connectivity index (χ4n) is 1.11. The third-order valence-corrected chi connectivity index (χ3v) is 1.86. The van der Waals surface area contributed by atoms with E-state index in [1.165, 1.54) is 25.3 Å². The minimum Gasteiger partial charge on any atom is -0.493 e. The summed E-state index contributed by atoms with van der Waals surface area (Å²) < 4.78 is 10.0. The molecule has 6 heteroatoms. The smallest absolute Gasteiger partial charge is 0.255 e. The Balaban J connectivity index is 2.88. The Labute approximate surface area is 92.2 Å². The zero-order chi connectivity index (χ0) is 12.1. The van der Waals surface area contributed by atoms with Gasteiger partial charge in [-0.2, -0.15) is 0 Å². The van der Waals surface area contributed by atoms with E-state index in [2.05, 4.69) is 0 Å². The number of aliphatic hydroxyl groups is 2. The first-order valence-corrected chi connectivity index (χ1v) is 4.49. The highest BCUT2D eigenvalue weighted by Gasteiger charge is 2.10. The highest BCUT2D eigenvalue weighted by Crippen LogP contribution is 2.29. The van der Waals surface area contributed by atoms with Crippen molar-refractivity contribution in [1.29, 1.82) is 0 Å². The Kier molecular flexibility index (Phi) is 4.10. The molecule has 88 valence electrons. The maximum absolute atomic E-state index is 10.5. The van der Waals surface area contributed by atoms with Crippen LogP contribution in [0.25, 0.3) is 0 Å². The molecular weight excluding hydrogens is 214 g/mol. The van der Waals surface area contributed by atoms with Crippen molar-refractivity contribution < 1.29 is 24.5 Å². The lowest BCUT2D eigenvalue weighted by Crippen LogP contribution is -2.20. The van der Waals surface area contributed by atoms with Gasteiger partial charge in [-0.25, -0.2) is 0 Å². The number of rotatable bonds is 5. The molecule has 1 aromatic carbocycles. The van der Waals surface area contributed by atoms with Gasteiger partial charge >= 0.3 is 0 Å². The average molecular weight is 227 g/mol. The molecular formula is C10H13NO5. The molecule has 16 heavy (non-hydrogen) atoms. The highest BCUT2D eigenvalue weighted by molar-refractivity contribution is 5.75. The number of hydrogen-bond donors (Lipinski definition) is 3. The van der Waals surface area contributed by atoms with Gasteiger partial charge in [-0.05, 0) is 12.1 Å². The number of benzene rings is 1. The molecule has 0 aromatic heterocycles. The van der Waals surface area contributed by atoms with Crippen LogP contribution in [-0.4, -0.2) is 29.8 Å². The van der Waals surface area contributed by atoms with E-state index in [1.807, 2.05) is 0 Å². The van der Waals surface area contributed by atoms with E-state index in [4.69, 9.17) is 25.4 Å². The van der Waals surface area contributed by atoms with Gasteiger partial charge < -0.3 is 25.4 Å². The molecule has 0 heterocycles. The molecule has 0 unspecified atom stereocenters. The molecule has 0 radical (unpaired) electrons. The Bertz CT molecular complexity index is 377. The number of carbonyl (C=O) groups excluding carboxylic acids is 1. The first-order chi connectivity index (χ1) is 7.54. The molecule has 6 nitrogen and oxygen atoms in total. The van der Waals surface area contributed by atoms with Crippen LogP contribution in [0.2, 0.25) is 0 Å². The van der Waals surface area contributed by atoms with Gasteiger partial charge in [0.05, 0.1) is 7.11 Å². The Morgan fingerprint density at radius 1 is 1.44 bits per heavy atom. The Hall–Kier alpha value is -1.79. The maximum atomic E-state index is 10.5. The first kappa shape index (κ1) is 12.3. The molecule has 1 amide bonds. The Morgan fingerprint density at radius 3 is 2.62 bits per heavy atom. The zero-order valence-corrected chi connectivity index (χ0v) is 8.71. The van der Waals surface area contributed by atoms with Crippen LogP contribution in [0, 0.1) is 0 Å². The molecule has 0 saturated carbocycles. The second kappa shape index (κ2) is 5.34. The summed E-state index contributed by atoms with van der Waals surface area (Å²) in [5, 5.41) is 17.9. The van der Waals surface area contributed by atoms with Gasteiger partial charge in [-0.15, -0.1) is 0 Å². The summed E-state index contributed by atoms with van der Waals surface area (Å²) in [7, 11) is 1.40. The van der Waals surface area contributed by atoms with Gasteiger partial charge in [-0.1, -0.05) is 6.07 Å². The molecule has 0 aliphatic rings. The largest absolute Gasteiger partial charge is 0.493 e. The topological polar surface area (TPSA) is 102 Å². The molecule has 0 atom stereocenters. The molecule has 0 aliphatic carbocycles. The summed E-state index contributed by atoms with van der Waals surface area (Å²) in [5.41, 5.74) is 5.19. The normalized spacial score (nSPS) is 10.2. The van der Waals surface area contributed by atoms with Crippen LogP contribution in [0.5, 0.6) is 11.5 Å². The van der Waals surface area contributed by atoms with Crippen molar-refractivity contribution in [2.45, 2.75) is 6.29 Å². The number of primary amides is 1. The maximum Gasteiger partial charge on any atom is 0.255 e. The summed E-state index contributed by atoms with van der Waals surface area (Å²) in [6, 6.07) is 4.32. The van der Waals surface area contributed by atoms with Crippen molar-refractivity contribution in [3.8, 4) is 11.5 Å². The SMILES string of the molecule is COc1cc(C(O)O)ccc1OCC(N)=O. The monoisotopic (exact) mass is 227 g/mol. The van der Waals surface area contributed by atoms with Crippen molar-refractivity contribution in [3.63, 3.8) is 0 Å². The summed E-state index contributed by atoms with van der Waals surface area (Å²) in [4.78, 5) is 10.5. The summed E-state index contributed by atoms with van der Waals surface area (Å²) >= 11 is 0. The fourth-order valence-corrected chi connectivity index (χ4v) is 1.11. The minimum absolute atomic E-state index is 0.266.